The third-order valence-electron chi connectivity index (χ3n) is 4.23. The molecule has 6 heteroatoms. The van der Waals surface area contributed by atoms with Crippen molar-refractivity contribution in [3.63, 3.8) is 0 Å². The van der Waals surface area contributed by atoms with Crippen LogP contribution in [0.3, 0.4) is 0 Å². The number of piperazine rings is 1. The van der Waals surface area contributed by atoms with Gasteiger partial charge in [0.25, 0.3) is 0 Å². The summed E-state index contributed by atoms with van der Waals surface area (Å²) >= 11 is 0. The van der Waals surface area contributed by atoms with E-state index in [4.69, 9.17) is 0 Å². The van der Waals surface area contributed by atoms with Gasteiger partial charge in [-0.3, -0.25) is 4.90 Å². The van der Waals surface area contributed by atoms with Crippen molar-refractivity contribution in [2.45, 2.75) is 12.5 Å². The monoisotopic (exact) mass is 292 g/mol. The van der Waals surface area contributed by atoms with Gasteiger partial charge in [-0.25, -0.2) is 9.18 Å². The van der Waals surface area contributed by atoms with E-state index in [1.165, 1.54) is 18.6 Å². The van der Waals surface area contributed by atoms with Crippen LogP contribution in [0.25, 0.3) is 0 Å². The first-order chi connectivity index (χ1) is 10.2. The third-order valence-corrected chi connectivity index (χ3v) is 4.23. The average molecular weight is 292 g/mol. The highest BCUT2D eigenvalue weighted by molar-refractivity contribution is 5.89. The minimum absolute atomic E-state index is 0.148. The van der Waals surface area contributed by atoms with Crippen molar-refractivity contribution in [2.75, 3.05) is 44.6 Å². The van der Waals surface area contributed by atoms with Gasteiger partial charge in [-0.05, 0) is 31.2 Å². The number of nitrogens with one attached hydrogen (secondary N) is 2. The molecule has 2 amide bonds. The molecular weight excluding hydrogens is 271 g/mol. The van der Waals surface area contributed by atoms with Gasteiger partial charge in [0.15, 0.2) is 0 Å². The summed E-state index contributed by atoms with van der Waals surface area (Å²) in [6, 6.07) is 6.45. The average Bonchev–Trinajstić information content (AvgIpc) is 3.01. The molecule has 0 saturated carbocycles. The van der Waals surface area contributed by atoms with Crippen LogP contribution in [0.4, 0.5) is 14.9 Å². The molecule has 114 valence electrons. The Kier molecular flexibility index (Phi) is 4.36. The van der Waals surface area contributed by atoms with Gasteiger partial charge in [0.2, 0.25) is 0 Å². The lowest BCUT2D eigenvalue weighted by atomic mass is 10.2. The highest BCUT2D eigenvalue weighted by Crippen LogP contribution is 2.14. The second-order valence-electron chi connectivity index (χ2n) is 5.61. The van der Waals surface area contributed by atoms with Crippen LogP contribution in [0.5, 0.6) is 0 Å². The number of benzene rings is 1. The zero-order chi connectivity index (χ0) is 14.7. The summed E-state index contributed by atoms with van der Waals surface area (Å²) in [6.07, 6.45) is 1.19. The summed E-state index contributed by atoms with van der Waals surface area (Å²) in [5.74, 6) is -0.341. The summed E-state index contributed by atoms with van der Waals surface area (Å²) < 4.78 is 13.1. The van der Waals surface area contributed by atoms with E-state index in [1.54, 1.807) is 17.0 Å². The van der Waals surface area contributed by atoms with Crippen molar-refractivity contribution in [2.24, 2.45) is 0 Å². The quantitative estimate of drug-likeness (QED) is 0.865. The van der Waals surface area contributed by atoms with Crippen molar-refractivity contribution >= 4 is 11.7 Å². The maximum Gasteiger partial charge on any atom is 0.321 e. The summed E-state index contributed by atoms with van der Waals surface area (Å²) in [5, 5.41) is 6.12. The Morgan fingerprint density at radius 2 is 2.10 bits per heavy atom. The fourth-order valence-electron chi connectivity index (χ4n) is 3.01. The summed E-state index contributed by atoms with van der Waals surface area (Å²) in [7, 11) is 0. The van der Waals surface area contributed by atoms with Gasteiger partial charge in [0, 0.05) is 44.5 Å². The van der Waals surface area contributed by atoms with Crippen LogP contribution in [-0.4, -0.2) is 61.1 Å². The van der Waals surface area contributed by atoms with E-state index in [0.29, 0.717) is 11.7 Å². The molecule has 0 spiro atoms. The number of hydrogen-bond donors (Lipinski definition) is 2. The molecule has 0 radical (unpaired) electrons. The molecule has 5 nitrogen and oxygen atoms in total. The summed E-state index contributed by atoms with van der Waals surface area (Å²) in [6.45, 7) is 5.39. The highest BCUT2D eigenvalue weighted by Gasteiger charge is 2.27. The number of carbonyl (C=O) groups excluding carboxylic acids is 1. The molecule has 0 aromatic heterocycles. The van der Waals surface area contributed by atoms with Crippen molar-refractivity contribution < 1.29 is 9.18 Å². The number of halogens is 1. The number of nitrogens with zero attached hydrogens (tertiary/aromatic N) is 2. The van der Waals surface area contributed by atoms with Crippen LogP contribution >= 0.6 is 0 Å². The number of rotatable bonds is 2. The van der Waals surface area contributed by atoms with Gasteiger partial charge < -0.3 is 15.5 Å². The molecule has 2 aliphatic heterocycles. The summed E-state index contributed by atoms with van der Waals surface area (Å²) in [5.41, 5.74) is 0.502. The Morgan fingerprint density at radius 3 is 2.76 bits per heavy atom. The predicted octanol–water partition coefficient (Wildman–Crippen LogP) is 1.34. The Hall–Kier alpha value is -1.66. The minimum atomic E-state index is -0.341. The molecule has 0 bridgehead atoms. The van der Waals surface area contributed by atoms with E-state index in [0.717, 1.165) is 39.3 Å². The Labute approximate surface area is 124 Å². The molecule has 3 rings (SSSR count). The largest absolute Gasteiger partial charge is 0.322 e. The fourth-order valence-corrected chi connectivity index (χ4v) is 3.01. The highest BCUT2D eigenvalue weighted by atomic mass is 19.1. The standard InChI is InChI=1S/C15H21FN4O/c16-12-2-1-3-13(10-12)18-15(21)20-8-6-19(7-9-20)14-4-5-17-11-14/h1-3,10,14,17H,4-9,11H2,(H,18,21). The van der Waals surface area contributed by atoms with Gasteiger partial charge in [0.1, 0.15) is 5.82 Å². The van der Waals surface area contributed by atoms with Crippen molar-refractivity contribution in [3.05, 3.63) is 30.1 Å². The number of amides is 2. The number of carbonyl (C=O) groups is 1. The molecule has 1 aromatic carbocycles. The molecular formula is C15H21FN4O. The third kappa shape index (κ3) is 3.51. The van der Waals surface area contributed by atoms with E-state index in [9.17, 15) is 9.18 Å². The Morgan fingerprint density at radius 1 is 1.29 bits per heavy atom. The van der Waals surface area contributed by atoms with E-state index in [2.05, 4.69) is 15.5 Å². The van der Waals surface area contributed by atoms with Gasteiger partial charge in [0.05, 0.1) is 0 Å². The second-order valence-corrected chi connectivity index (χ2v) is 5.61. The molecule has 1 unspecified atom stereocenters. The maximum absolute atomic E-state index is 13.1. The fraction of sp³-hybridized carbons (Fsp3) is 0.533. The van der Waals surface area contributed by atoms with Crippen molar-refractivity contribution in [1.82, 2.24) is 15.1 Å². The normalized spacial score (nSPS) is 23.3. The Bertz CT molecular complexity index is 496. The molecule has 1 aromatic rings. The van der Waals surface area contributed by atoms with Crippen LogP contribution in [-0.2, 0) is 0 Å². The van der Waals surface area contributed by atoms with Crippen molar-refractivity contribution in [1.29, 1.82) is 0 Å². The zero-order valence-corrected chi connectivity index (χ0v) is 12.0. The topological polar surface area (TPSA) is 47.6 Å². The van der Waals surface area contributed by atoms with E-state index in [1.807, 2.05) is 0 Å². The number of urea groups is 1. The van der Waals surface area contributed by atoms with Crippen LogP contribution in [0, 0.1) is 5.82 Å². The van der Waals surface area contributed by atoms with Gasteiger partial charge >= 0.3 is 6.03 Å². The maximum atomic E-state index is 13.1. The van der Waals surface area contributed by atoms with Crippen LogP contribution in [0.2, 0.25) is 0 Å². The molecule has 2 N–H and O–H groups in total. The van der Waals surface area contributed by atoms with Crippen LogP contribution < -0.4 is 10.6 Å². The summed E-state index contributed by atoms with van der Waals surface area (Å²) in [4.78, 5) is 16.4. The van der Waals surface area contributed by atoms with Gasteiger partial charge in [-0.1, -0.05) is 6.07 Å². The van der Waals surface area contributed by atoms with Gasteiger partial charge in [-0.2, -0.15) is 0 Å². The molecule has 2 heterocycles. The number of hydrogen-bond acceptors (Lipinski definition) is 3. The van der Waals surface area contributed by atoms with Crippen LogP contribution in [0.15, 0.2) is 24.3 Å². The second kappa shape index (κ2) is 6.41. The first kappa shape index (κ1) is 14.3. The number of anilines is 1. The predicted molar refractivity (Wildman–Crippen MR) is 79.8 cm³/mol. The molecule has 2 saturated heterocycles. The first-order valence-corrected chi connectivity index (χ1v) is 7.48. The first-order valence-electron chi connectivity index (χ1n) is 7.48. The Balaban J connectivity index is 1.50. The lowest BCUT2D eigenvalue weighted by molar-refractivity contribution is 0.119. The lowest BCUT2D eigenvalue weighted by Gasteiger charge is -2.37. The smallest absolute Gasteiger partial charge is 0.321 e. The minimum Gasteiger partial charge on any atom is -0.322 e. The van der Waals surface area contributed by atoms with Crippen molar-refractivity contribution in [3.8, 4) is 0 Å². The zero-order valence-electron chi connectivity index (χ0n) is 12.0. The van der Waals surface area contributed by atoms with E-state index < -0.39 is 0 Å². The molecule has 2 aliphatic rings. The molecule has 1 atom stereocenters. The van der Waals surface area contributed by atoms with Gasteiger partial charge in [-0.15, -0.1) is 0 Å². The van der Waals surface area contributed by atoms with Crippen LogP contribution in [0.1, 0.15) is 6.42 Å². The molecule has 21 heavy (non-hydrogen) atoms. The molecule has 2 fully saturated rings. The van der Waals surface area contributed by atoms with E-state index in [-0.39, 0.29) is 11.8 Å². The molecule has 0 aliphatic carbocycles. The van der Waals surface area contributed by atoms with E-state index >= 15 is 0 Å². The SMILES string of the molecule is O=C(Nc1cccc(F)c1)N1CCN(C2CCNC2)CC1. The lowest BCUT2D eigenvalue weighted by Crippen LogP contribution is -2.53.